The standard InChI is InChI=1S/C18H17ClN2/c19-15-5-3-13(4-6-15)18(12-1-2-12)21-16-7-8-17-14(11-16)9-10-20-17/h3-12,18,20-21H,1-2H2. The van der Waals surface area contributed by atoms with Crippen molar-refractivity contribution in [2.45, 2.75) is 18.9 Å². The van der Waals surface area contributed by atoms with Gasteiger partial charge in [0.2, 0.25) is 0 Å². The van der Waals surface area contributed by atoms with E-state index in [4.69, 9.17) is 11.6 Å². The van der Waals surface area contributed by atoms with Gasteiger partial charge in [-0.05, 0) is 60.7 Å². The molecule has 1 fully saturated rings. The molecule has 106 valence electrons. The molecule has 21 heavy (non-hydrogen) atoms. The normalized spacial score (nSPS) is 16.0. The summed E-state index contributed by atoms with van der Waals surface area (Å²) in [6.45, 7) is 0. The minimum atomic E-state index is 0.374. The van der Waals surface area contributed by atoms with Gasteiger partial charge in [0.15, 0.2) is 0 Å². The average molecular weight is 297 g/mol. The molecule has 1 atom stereocenters. The van der Waals surface area contributed by atoms with Gasteiger partial charge in [-0.3, -0.25) is 0 Å². The highest BCUT2D eigenvalue weighted by Crippen LogP contribution is 2.43. The number of benzene rings is 2. The summed E-state index contributed by atoms with van der Waals surface area (Å²) in [5, 5.41) is 5.74. The maximum Gasteiger partial charge on any atom is 0.0542 e. The van der Waals surface area contributed by atoms with Crippen LogP contribution in [0.15, 0.2) is 54.7 Å². The third-order valence-electron chi connectivity index (χ3n) is 4.20. The van der Waals surface area contributed by atoms with Gasteiger partial charge in [-0.1, -0.05) is 23.7 Å². The van der Waals surface area contributed by atoms with Crippen LogP contribution in [0.2, 0.25) is 5.02 Å². The second-order valence-electron chi connectivity index (χ2n) is 5.79. The van der Waals surface area contributed by atoms with E-state index < -0.39 is 0 Å². The number of anilines is 1. The lowest BCUT2D eigenvalue weighted by molar-refractivity contribution is 0.679. The van der Waals surface area contributed by atoms with Crippen LogP contribution in [0.5, 0.6) is 0 Å². The number of hydrogen-bond donors (Lipinski definition) is 2. The van der Waals surface area contributed by atoms with E-state index in [0.717, 1.165) is 10.9 Å². The van der Waals surface area contributed by atoms with Crippen LogP contribution >= 0.6 is 11.6 Å². The molecular formula is C18H17ClN2. The maximum atomic E-state index is 6.00. The zero-order valence-electron chi connectivity index (χ0n) is 11.6. The molecular weight excluding hydrogens is 280 g/mol. The monoisotopic (exact) mass is 296 g/mol. The van der Waals surface area contributed by atoms with E-state index in [2.05, 4.69) is 46.7 Å². The van der Waals surface area contributed by atoms with Crippen LogP contribution < -0.4 is 5.32 Å². The SMILES string of the molecule is Clc1ccc(C(Nc2ccc3[nH]ccc3c2)C2CC2)cc1. The molecule has 3 aromatic rings. The molecule has 0 amide bonds. The minimum Gasteiger partial charge on any atom is -0.378 e. The molecule has 0 saturated heterocycles. The number of nitrogens with one attached hydrogen (secondary N) is 2. The van der Waals surface area contributed by atoms with Crippen LogP contribution in [0.3, 0.4) is 0 Å². The number of rotatable bonds is 4. The second kappa shape index (κ2) is 5.12. The fourth-order valence-corrected chi connectivity index (χ4v) is 3.02. The highest BCUT2D eigenvalue weighted by molar-refractivity contribution is 6.30. The summed E-state index contributed by atoms with van der Waals surface area (Å²) < 4.78 is 0. The van der Waals surface area contributed by atoms with Crippen molar-refractivity contribution in [1.82, 2.24) is 4.98 Å². The molecule has 1 saturated carbocycles. The van der Waals surface area contributed by atoms with Crippen molar-refractivity contribution in [1.29, 1.82) is 0 Å². The average Bonchev–Trinajstić information content (AvgIpc) is 3.23. The molecule has 1 aromatic heterocycles. The first-order valence-electron chi connectivity index (χ1n) is 7.39. The zero-order valence-corrected chi connectivity index (χ0v) is 12.4. The van der Waals surface area contributed by atoms with Crippen molar-refractivity contribution in [3.8, 4) is 0 Å². The van der Waals surface area contributed by atoms with Gasteiger partial charge < -0.3 is 10.3 Å². The first-order chi connectivity index (χ1) is 10.3. The van der Waals surface area contributed by atoms with E-state index in [1.807, 2.05) is 18.3 Å². The Labute approximate surface area is 129 Å². The molecule has 0 radical (unpaired) electrons. The van der Waals surface area contributed by atoms with Crippen LogP contribution in [-0.4, -0.2) is 4.98 Å². The molecule has 1 heterocycles. The summed E-state index contributed by atoms with van der Waals surface area (Å²) in [7, 11) is 0. The van der Waals surface area contributed by atoms with Crippen LogP contribution in [0.1, 0.15) is 24.4 Å². The van der Waals surface area contributed by atoms with Gasteiger partial charge >= 0.3 is 0 Å². The topological polar surface area (TPSA) is 27.8 Å². The Morgan fingerprint density at radius 1 is 1.05 bits per heavy atom. The number of fused-ring (bicyclic) bond motifs is 1. The predicted octanol–water partition coefficient (Wildman–Crippen LogP) is 5.38. The minimum absolute atomic E-state index is 0.374. The molecule has 1 aliphatic rings. The summed E-state index contributed by atoms with van der Waals surface area (Å²) in [5.74, 6) is 0.730. The first-order valence-corrected chi connectivity index (χ1v) is 7.76. The molecule has 4 rings (SSSR count). The molecule has 1 aliphatic carbocycles. The smallest absolute Gasteiger partial charge is 0.0542 e. The predicted molar refractivity (Wildman–Crippen MR) is 88.8 cm³/mol. The van der Waals surface area contributed by atoms with Gasteiger partial charge in [-0.15, -0.1) is 0 Å². The Balaban J connectivity index is 1.63. The Morgan fingerprint density at radius 2 is 1.86 bits per heavy atom. The van der Waals surface area contributed by atoms with E-state index in [1.54, 1.807) is 0 Å². The van der Waals surface area contributed by atoms with Gasteiger partial charge in [0.05, 0.1) is 6.04 Å². The van der Waals surface area contributed by atoms with Crippen molar-refractivity contribution in [2.24, 2.45) is 5.92 Å². The molecule has 0 aliphatic heterocycles. The molecule has 3 heteroatoms. The molecule has 2 nitrogen and oxygen atoms in total. The first kappa shape index (κ1) is 12.8. The molecule has 2 aromatic carbocycles. The Hall–Kier alpha value is -1.93. The van der Waals surface area contributed by atoms with Gasteiger partial charge in [0.1, 0.15) is 0 Å². The van der Waals surface area contributed by atoms with E-state index in [0.29, 0.717) is 6.04 Å². The molecule has 2 N–H and O–H groups in total. The van der Waals surface area contributed by atoms with E-state index in [1.165, 1.54) is 35.0 Å². The molecule has 0 spiro atoms. The van der Waals surface area contributed by atoms with Crippen LogP contribution in [0.25, 0.3) is 10.9 Å². The van der Waals surface area contributed by atoms with Gasteiger partial charge in [0, 0.05) is 27.8 Å². The third kappa shape index (κ3) is 2.64. The van der Waals surface area contributed by atoms with E-state index in [-0.39, 0.29) is 0 Å². The van der Waals surface area contributed by atoms with Crippen molar-refractivity contribution in [3.63, 3.8) is 0 Å². The summed E-state index contributed by atoms with van der Waals surface area (Å²) in [6.07, 6.45) is 4.57. The fraction of sp³-hybridized carbons (Fsp3) is 0.222. The van der Waals surface area contributed by atoms with Gasteiger partial charge in [0.25, 0.3) is 0 Å². The van der Waals surface area contributed by atoms with Crippen LogP contribution in [0.4, 0.5) is 5.69 Å². The summed E-state index contributed by atoms with van der Waals surface area (Å²) in [4.78, 5) is 3.23. The Bertz CT molecular complexity index is 756. The number of H-pyrrole nitrogens is 1. The zero-order chi connectivity index (χ0) is 14.2. The van der Waals surface area contributed by atoms with Gasteiger partial charge in [-0.2, -0.15) is 0 Å². The van der Waals surface area contributed by atoms with E-state index >= 15 is 0 Å². The van der Waals surface area contributed by atoms with E-state index in [9.17, 15) is 0 Å². The summed E-state index contributed by atoms with van der Waals surface area (Å²) in [5.41, 5.74) is 3.67. The Morgan fingerprint density at radius 3 is 2.62 bits per heavy atom. The van der Waals surface area contributed by atoms with Crippen LogP contribution in [0, 0.1) is 5.92 Å². The maximum absolute atomic E-state index is 6.00. The number of halogens is 1. The highest BCUT2D eigenvalue weighted by atomic mass is 35.5. The second-order valence-corrected chi connectivity index (χ2v) is 6.23. The van der Waals surface area contributed by atoms with Crippen molar-refractivity contribution < 1.29 is 0 Å². The lowest BCUT2D eigenvalue weighted by Crippen LogP contribution is -2.12. The lowest BCUT2D eigenvalue weighted by atomic mass is 10.0. The van der Waals surface area contributed by atoms with Crippen molar-refractivity contribution in [2.75, 3.05) is 5.32 Å². The number of aromatic amines is 1. The lowest BCUT2D eigenvalue weighted by Gasteiger charge is -2.20. The highest BCUT2D eigenvalue weighted by Gasteiger charge is 2.32. The van der Waals surface area contributed by atoms with Crippen molar-refractivity contribution in [3.05, 3.63) is 65.3 Å². The Kier molecular flexibility index (Phi) is 3.12. The van der Waals surface area contributed by atoms with Crippen LogP contribution in [-0.2, 0) is 0 Å². The molecule has 1 unspecified atom stereocenters. The number of aromatic nitrogens is 1. The summed E-state index contributed by atoms with van der Waals surface area (Å²) in [6, 6.07) is 17.2. The third-order valence-corrected chi connectivity index (χ3v) is 4.45. The number of hydrogen-bond acceptors (Lipinski definition) is 1. The largest absolute Gasteiger partial charge is 0.378 e. The fourth-order valence-electron chi connectivity index (χ4n) is 2.90. The molecule has 0 bridgehead atoms. The van der Waals surface area contributed by atoms with Gasteiger partial charge in [-0.25, -0.2) is 0 Å². The summed E-state index contributed by atoms with van der Waals surface area (Å²) >= 11 is 6.00. The van der Waals surface area contributed by atoms with Crippen molar-refractivity contribution >= 4 is 28.2 Å². The quantitative estimate of drug-likeness (QED) is 0.664.